The monoisotopic (exact) mass is 290 g/mol. The first kappa shape index (κ1) is 12.8. The van der Waals surface area contributed by atoms with Crippen LogP contribution in [0.25, 0.3) is 10.9 Å². The lowest BCUT2D eigenvalue weighted by Gasteiger charge is -2.16. The minimum absolute atomic E-state index is 0.408. The molecule has 1 amide bonds. The number of H-pyrrole nitrogens is 1. The number of fused-ring (bicyclic) bond motifs is 2. The smallest absolute Gasteiger partial charge is 0.299 e. The molecule has 4 nitrogen and oxygen atoms in total. The molecule has 2 heterocycles. The average molecular weight is 290 g/mol. The number of nitrogens with one attached hydrogen (secondary N) is 1. The Bertz CT molecular complexity index is 895. The Labute approximate surface area is 127 Å². The van der Waals surface area contributed by atoms with Gasteiger partial charge in [0, 0.05) is 23.6 Å². The summed E-state index contributed by atoms with van der Waals surface area (Å²) in [6.07, 6.45) is 2.68. The molecule has 0 bridgehead atoms. The summed E-state index contributed by atoms with van der Waals surface area (Å²) in [7, 11) is 0. The molecule has 0 saturated heterocycles. The predicted octanol–water partition coefficient (Wildman–Crippen LogP) is 2.94. The molecule has 2 aromatic carbocycles. The third-order valence-electron chi connectivity index (χ3n) is 4.16. The molecule has 108 valence electrons. The van der Waals surface area contributed by atoms with Gasteiger partial charge < -0.3 is 9.88 Å². The number of aromatic nitrogens is 1. The Morgan fingerprint density at radius 2 is 1.73 bits per heavy atom. The van der Waals surface area contributed by atoms with Crippen LogP contribution in [0, 0.1) is 0 Å². The summed E-state index contributed by atoms with van der Waals surface area (Å²) in [5, 5.41) is 1.16. The maximum Gasteiger partial charge on any atom is 0.299 e. The lowest BCUT2D eigenvalue weighted by molar-refractivity contribution is -0.114. The van der Waals surface area contributed by atoms with Gasteiger partial charge in [-0.15, -0.1) is 0 Å². The van der Waals surface area contributed by atoms with Crippen molar-refractivity contribution in [2.45, 2.75) is 6.42 Å². The largest absolute Gasteiger partial charge is 0.361 e. The van der Waals surface area contributed by atoms with Gasteiger partial charge in [0.05, 0.1) is 11.3 Å². The highest BCUT2D eigenvalue weighted by Crippen LogP contribution is 2.29. The fourth-order valence-corrected chi connectivity index (χ4v) is 3.04. The van der Waals surface area contributed by atoms with Crippen LogP contribution in [-0.2, 0) is 11.2 Å². The third kappa shape index (κ3) is 1.84. The maximum atomic E-state index is 12.2. The van der Waals surface area contributed by atoms with Crippen LogP contribution in [0.4, 0.5) is 5.69 Å². The van der Waals surface area contributed by atoms with E-state index < -0.39 is 11.7 Å². The van der Waals surface area contributed by atoms with Gasteiger partial charge in [-0.25, -0.2) is 0 Å². The summed E-state index contributed by atoms with van der Waals surface area (Å²) in [5.41, 5.74) is 3.46. The lowest BCUT2D eigenvalue weighted by Crippen LogP contribution is -2.31. The number of para-hydroxylation sites is 2. The van der Waals surface area contributed by atoms with E-state index in [1.807, 2.05) is 36.5 Å². The number of ketones is 1. The minimum atomic E-state index is -0.430. The van der Waals surface area contributed by atoms with Crippen LogP contribution in [0.1, 0.15) is 15.9 Å². The van der Waals surface area contributed by atoms with Crippen LogP contribution in [0.5, 0.6) is 0 Å². The van der Waals surface area contributed by atoms with Crippen molar-refractivity contribution in [2.24, 2.45) is 0 Å². The Balaban J connectivity index is 1.62. The lowest BCUT2D eigenvalue weighted by atomic mass is 10.1. The number of rotatable bonds is 3. The number of benzene rings is 2. The number of carbonyl (C=O) groups is 2. The molecule has 1 aromatic heterocycles. The van der Waals surface area contributed by atoms with E-state index in [1.165, 1.54) is 0 Å². The Kier molecular flexibility index (Phi) is 2.82. The fraction of sp³-hybridized carbons (Fsp3) is 0.111. The number of amides is 1. The third-order valence-corrected chi connectivity index (χ3v) is 4.16. The summed E-state index contributed by atoms with van der Waals surface area (Å²) >= 11 is 0. The van der Waals surface area contributed by atoms with Crippen molar-refractivity contribution in [1.82, 2.24) is 4.98 Å². The number of Topliss-reactive ketones (excluding diaryl/α,β-unsaturated/α-hetero) is 1. The van der Waals surface area contributed by atoms with Gasteiger partial charge in [-0.05, 0) is 30.2 Å². The van der Waals surface area contributed by atoms with E-state index in [-0.39, 0.29) is 0 Å². The number of nitrogens with zero attached hydrogens (tertiary/aromatic N) is 1. The van der Waals surface area contributed by atoms with Crippen LogP contribution < -0.4 is 4.90 Å². The van der Waals surface area contributed by atoms with Gasteiger partial charge in [-0.1, -0.05) is 30.3 Å². The summed E-state index contributed by atoms with van der Waals surface area (Å²) in [4.78, 5) is 29.0. The van der Waals surface area contributed by atoms with E-state index in [2.05, 4.69) is 11.1 Å². The molecule has 22 heavy (non-hydrogen) atoms. The van der Waals surface area contributed by atoms with Crippen molar-refractivity contribution in [1.29, 1.82) is 0 Å². The number of carbonyl (C=O) groups excluding carboxylic acids is 2. The zero-order valence-electron chi connectivity index (χ0n) is 11.9. The first-order chi connectivity index (χ1) is 10.8. The van der Waals surface area contributed by atoms with Crippen LogP contribution in [0.2, 0.25) is 0 Å². The SMILES string of the molecule is O=C1C(=O)N(CCc2c[nH]c3ccccc23)c2ccccc21. The first-order valence-corrected chi connectivity index (χ1v) is 7.26. The number of hydrogen-bond acceptors (Lipinski definition) is 2. The van der Waals surface area contributed by atoms with Crippen LogP contribution in [0.15, 0.2) is 54.7 Å². The molecule has 1 aliphatic heterocycles. The molecule has 0 spiro atoms. The summed E-state index contributed by atoms with van der Waals surface area (Å²) in [6, 6.07) is 15.2. The molecular formula is C18H14N2O2. The normalized spacial score (nSPS) is 13.9. The van der Waals surface area contributed by atoms with Gasteiger partial charge in [0.25, 0.3) is 11.7 Å². The number of anilines is 1. The fourth-order valence-electron chi connectivity index (χ4n) is 3.04. The highest BCUT2D eigenvalue weighted by atomic mass is 16.2. The molecule has 0 atom stereocenters. The van der Waals surface area contributed by atoms with Gasteiger partial charge in [0.15, 0.2) is 0 Å². The Hall–Kier alpha value is -2.88. The number of hydrogen-bond donors (Lipinski definition) is 1. The molecule has 0 aliphatic carbocycles. The highest BCUT2D eigenvalue weighted by molar-refractivity contribution is 6.52. The van der Waals surface area contributed by atoms with Crippen molar-refractivity contribution in [3.63, 3.8) is 0 Å². The Morgan fingerprint density at radius 1 is 0.955 bits per heavy atom. The standard InChI is InChI=1S/C18H14N2O2/c21-17-14-6-2-4-8-16(14)20(18(17)22)10-9-12-11-19-15-7-3-1-5-13(12)15/h1-8,11,19H,9-10H2. The Morgan fingerprint density at radius 3 is 2.64 bits per heavy atom. The van der Waals surface area contributed by atoms with Crippen LogP contribution in [0.3, 0.4) is 0 Å². The van der Waals surface area contributed by atoms with E-state index >= 15 is 0 Å². The van der Waals surface area contributed by atoms with Crippen molar-refractivity contribution < 1.29 is 9.59 Å². The molecule has 4 rings (SSSR count). The van der Waals surface area contributed by atoms with Gasteiger partial charge in [-0.3, -0.25) is 9.59 Å². The molecule has 0 saturated carbocycles. The summed E-state index contributed by atoms with van der Waals surface area (Å²) < 4.78 is 0. The maximum absolute atomic E-state index is 12.2. The summed E-state index contributed by atoms with van der Waals surface area (Å²) in [6.45, 7) is 0.503. The molecule has 0 fully saturated rings. The molecule has 3 aromatic rings. The quantitative estimate of drug-likeness (QED) is 0.754. The van der Waals surface area contributed by atoms with Crippen molar-refractivity contribution in [3.05, 3.63) is 65.9 Å². The second-order valence-corrected chi connectivity index (χ2v) is 5.41. The average Bonchev–Trinajstić information content (AvgIpc) is 3.07. The predicted molar refractivity (Wildman–Crippen MR) is 85.1 cm³/mol. The van der Waals surface area contributed by atoms with E-state index in [4.69, 9.17) is 0 Å². The minimum Gasteiger partial charge on any atom is -0.361 e. The number of aromatic amines is 1. The van der Waals surface area contributed by atoms with Crippen LogP contribution in [-0.4, -0.2) is 23.2 Å². The molecule has 1 aliphatic rings. The topological polar surface area (TPSA) is 53.2 Å². The van der Waals surface area contributed by atoms with Gasteiger partial charge in [-0.2, -0.15) is 0 Å². The van der Waals surface area contributed by atoms with Gasteiger partial charge >= 0.3 is 0 Å². The first-order valence-electron chi connectivity index (χ1n) is 7.26. The van der Waals surface area contributed by atoms with Crippen molar-refractivity contribution in [3.8, 4) is 0 Å². The van der Waals surface area contributed by atoms with E-state index in [0.29, 0.717) is 18.5 Å². The van der Waals surface area contributed by atoms with E-state index in [1.54, 1.807) is 17.0 Å². The highest BCUT2D eigenvalue weighted by Gasteiger charge is 2.34. The second kappa shape index (κ2) is 4.84. The second-order valence-electron chi connectivity index (χ2n) is 5.41. The van der Waals surface area contributed by atoms with Crippen LogP contribution >= 0.6 is 0 Å². The zero-order chi connectivity index (χ0) is 15.1. The molecule has 4 heteroatoms. The molecule has 0 radical (unpaired) electrons. The van der Waals surface area contributed by atoms with Gasteiger partial charge in [0.2, 0.25) is 0 Å². The van der Waals surface area contributed by atoms with Crippen molar-refractivity contribution >= 4 is 28.3 Å². The van der Waals surface area contributed by atoms with Crippen molar-refractivity contribution in [2.75, 3.05) is 11.4 Å². The summed E-state index contributed by atoms with van der Waals surface area (Å²) in [5.74, 6) is -0.837. The molecular weight excluding hydrogens is 276 g/mol. The zero-order valence-corrected chi connectivity index (χ0v) is 11.9. The molecule has 1 N–H and O–H groups in total. The van der Waals surface area contributed by atoms with E-state index in [0.717, 1.165) is 22.2 Å². The van der Waals surface area contributed by atoms with E-state index in [9.17, 15) is 9.59 Å². The molecule has 0 unspecified atom stereocenters. The van der Waals surface area contributed by atoms with Gasteiger partial charge in [0.1, 0.15) is 0 Å².